The van der Waals surface area contributed by atoms with Gasteiger partial charge in [-0.1, -0.05) is 19.1 Å². The second kappa shape index (κ2) is 6.84. The van der Waals surface area contributed by atoms with Crippen molar-refractivity contribution in [2.24, 2.45) is 11.7 Å². The van der Waals surface area contributed by atoms with Gasteiger partial charge in [0.25, 0.3) is 0 Å². The zero-order valence-electron chi connectivity index (χ0n) is 12.0. The molecule has 0 saturated carbocycles. The molecule has 20 heavy (non-hydrogen) atoms. The van der Waals surface area contributed by atoms with Crippen LogP contribution >= 0.6 is 0 Å². The van der Waals surface area contributed by atoms with Crippen molar-refractivity contribution in [2.75, 3.05) is 13.1 Å². The lowest BCUT2D eigenvalue weighted by molar-refractivity contribution is -0.136. The van der Waals surface area contributed by atoms with Crippen molar-refractivity contribution >= 4 is 5.91 Å². The number of hydrogen-bond acceptors (Lipinski definition) is 2. The minimum absolute atomic E-state index is 0.0384. The Kier molecular flexibility index (Phi) is 5.12. The number of amides is 1. The molecule has 1 aromatic carbocycles. The maximum atomic E-state index is 13.1. The van der Waals surface area contributed by atoms with Crippen LogP contribution in [0.15, 0.2) is 24.3 Å². The van der Waals surface area contributed by atoms with Gasteiger partial charge in [-0.3, -0.25) is 4.79 Å². The molecule has 1 aromatic rings. The average Bonchev–Trinajstić information content (AvgIpc) is 2.44. The fourth-order valence-corrected chi connectivity index (χ4v) is 2.72. The summed E-state index contributed by atoms with van der Waals surface area (Å²) in [5, 5.41) is 0. The van der Waals surface area contributed by atoms with E-state index in [0.717, 1.165) is 37.8 Å². The number of halogens is 1. The molecule has 0 spiro atoms. The smallest absolute Gasteiger partial charge is 0.225 e. The van der Waals surface area contributed by atoms with Crippen LogP contribution in [0.1, 0.15) is 31.7 Å². The highest BCUT2D eigenvalue weighted by atomic mass is 19.1. The number of carbonyl (C=O) groups excluding carboxylic acids is 1. The monoisotopic (exact) mass is 278 g/mol. The van der Waals surface area contributed by atoms with E-state index in [9.17, 15) is 9.18 Å². The number of hydrogen-bond donors (Lipinski definition) is 1. The summed E-state index contributed by atoms with van der Waals surface area (Å²) in [7, 11) is 0. The molecule has 1 aliphatic heterocycles. The maximum absolute atomic E-state index is 13.1. The number of nitrogens with zero attached hydrogens (tertiary/aromatic N) is 1. The van der Waals surface area contributed by atoms with Gasteiger partial charge in [0.1, 0.15) is 5.82 Å². The summed E-state index contributed by atoms with van der Waals surface area (Å²) in [4.78, 5) is 14.2. The van der Waals surface area contributed by atoms with Crippen LogP contribution in [0.3, 0.4) is 0 Å². The second-order valence-electron chi connectivity index (χ2n) is 5.76. The highest BCUT2D eigenvalue weighted by molar-refractivity contribution is 5.78. The minimum Gasteiger partial charge on any atom is -0.341 e. The Bertz CT molecular complexity index is 464. The highest BCUT2D eigenvalue weighted by Crippen LogP contribution is 2.16. The molecule has 0 bridgehead atoms. The van der Waals surface area contributed by atoms with Crippen molar-refractivity contribution < 1.29 is 9.18 Å². The van der Waals surface area contributed by atoms with Gasteiger partial charge in [-0.05, 0) is 43.4 Å². The summed E-state index contributed by atoms with van der Waals surface area (Å²) in [5.74, 6) is -0.0800. The number of piperidine rings is 1. The van der Waals surface area contributed by atoms with Gasteiger partial charge in [0.05, 0.1) is 0 Å². The van der Waals surface area contributed by atoms with Gasteiger partial charge >= 0.3 is 0 Å². The van der Waals surface area contributed by atoms with E-state index >= 15 is 0 Å². The standard InChI is InChI=1S/C16H23FN2O/c1-12(7-8-13-4-2-5-14(17)10-13)16(20)19-9-3-6-15(18)11-19/h2,4-5,10,12,15H,3,6-9,11,18H2,1H3. The van der Waals surface area contributed by atoms with Crippen LogP contribution in [0.5, 0.6) is 0 Å². The van der Waals surface area contributed by atoms with Crippen molar-refractivity contribution in [3.05, 3.63) is 35.6 Å². The Morgan fingerprint density at radius 3 is 3.05 bits per heavy atom. The molecule has 2 unspecified atom stereocenters. The molecule has 1 fully saturated rings. The fraction of sp³-hybridized carbons (Fsp3) is 0.562. The molecule has 3 nitrogen and oxygen atoms in total. The Morgan fingerprint density at radius 1 is 1.55 bits per heavy atom. The minimum atomic E-state index is -0.219. The number of benzene rings is 1. The van der Waals surface area contributed by atoms with E-state index in [1.807, 2.05) is 17.9 Å². The Labute approximate surface area is 120 Å². The van der Waals surface area contributed by atoms with E-state index in [0.29, 0.717) is 6.54 Å². The molecule has 110 valence electrons. The van der Waals surface area contributed by atoms with E-state index in [4.69, 9.17) is 5.73 Å². The number of likely N-dealkylation sites (tertiary alicyclic amines) is 1. The van der Waals surface area contributed by atoms with Gasteiger partial charge in [-0.15, -0.1) is 0 Å². The van der Waals surface area contributed by atoms with Crippen molar-refractivity contribution in [2.45, 2.75) is 38.6 Å². The zero-order valence-corrected chi connectivity index (χ0v) is 12.0. The second-order valence-corrected chi connectivity index (χ2v) is 5.76. The Balaban J connectivity index is 1.84. The predicted octanol–water partition coefficient (Wildman–Crippen LogP) is 2.34. The summed E-state index contributed by atoms with van der Waals surface area (Å²) < 4.78 is 13.1. The van der Waals surface area contributed by atoms with E-state index < -0.39 is 0 Å². The molecular weight excluding hydrogens is 255 g/mol. The van der Waals surface area contributed by atoms with Gasteiger partial charge in [0.15, 0.2) is 0 Å². The molecule has 1 saturated heterocycles. The highest BCUT2D eigenvalue weighted by Gasteiger charge is 2.24. The van der Waals surface area contributed by atoms with Gasteiger partial charge in [-0.25, -0.2) is 4.39 Å². The molecule has 1 aliphatic rings. The summed E-state index contributed by atoms with van der Waals surface area (Å²) in [6.45, 7) is 3.43. The van der Waals surface area contributed by atoms with E-state index in [1.54, 1.807) is 6.07 Å². The maximum Gasteiger partial charge on any atom is 0.225 e. The van der Waals surface area contributed by atoms with Crippen LogP contribution in [-0.2, 0) is 11.2 Å². The molecule has 2 rings (SSSR count). The lowest BCUT2D eigenvalue weighted by atomic mass is 9.98. The number of nitrogens with two attached hydrogens (primary N) is 1. The van der Waals surface area contributed by atoms with Crippen molar-refractivity contribution in [1.82, 2.24) is 4.90 Å². The van der Waals surface area contributed by atoms with Crippen LogP contribution in [0.2, 0.25) is 0 Å². The van der Waals surface area contributed by atoms with Gasteiger partial charge < -0.3 is 10.6 Å². The summed E-state index contributed by atoms with van der Waals surface area (Å²) in [6.07, 6.45) is 3.46. The molecule has 4 heteroatoms. The number of rotatable bonds is 4. The van der Waals surface area contributed by atoms with Crippen LogP contribution in [-0.4, -0.2) is 29.9 Å². The lowest BCUT2D eigenvalue weighted by Crippen LogP contribution is -2.47. The predicted molar refractivity (Wildman–Crippen MR) is 77.7 cm³/mol. The third kappa shape index (κ3) is 4.04. The van der Waals surface area contributed by atoms with Crippen LogP contribution < -0.4 is 5.73 Å². The molecule has 2 atom stereocenters. The molecule has 1 amide bonds. The SMILES string of the molecule is CC(CCc1cccc(F)c1)C(=O)N1CCCC(N)C1. The zero-order chi connectivity index (χ0) is 14.5. The first-order chi connectivity index (χ1) is 9.56. The molecular formula is C16H23FN2O. The van der Waals surface area contributed by atoms with Crippen molar-refractivity contribution in [1.29, 1.82) is 0 Å². The van der Waals surface area contributed by atoms with Crippen LogP contribution in [0.4, 0.5) is 4.39 Å². The van der Waals surface area contributed by atoms with Crippen LogP contribution in [0, 0.1) is 11.7 Å². The van der Waals surface area contributed by atoms with E-state index in [1.165, 1.54) is 12.1 Å². The van der Waals surface area contributed by atoms with Gasteiger partial charge in [0.2, 0.25) is 5.91 Å². The summed E-state index contributed by atoms with van der Waals surface area (Å²) in [6, 6.07) is 6.70. The van der Waals surface area contributed by atoms with Crippen LogP contribution in [0.25, 0.3) is 0 Å². The van der Waals surface area contributed by atoms with Gasteiger partial charge in [0, 0.05) is 25.0 Å². The first kappa shape index (κ1) is 15.0. The first-order valence-electron chi connectivity index (χ1n) is 7.35. The van der Waals surface area contributed by atoms with Crippen molar-refractivity contribution in [3.8, 4) is 0 Å². The third-order valence-corrected chi connectivity index (χ3v) is 3.95. The number of aryl methyl sites for hydroxylation is 1. The summed E-state index contributed by atoms with van der Waals surface area (Å²) in [5.41, 5.74) is 6.85. The van der Waals surface area contributed by atoms with Crippen molar-refractivity contribution in [3.63, 3.8) is 0 Å². The molecule has 0 radical (unpaired) electrons. The molecule has 2 N–H and O–H groups in total. The summed E-state index contributed by atoms with van der Waals surface area (Å²) >= 11 is 0. The van der Waals surface area contributed by atoms with E-state index in [-0.39, 0.29) is 23.7 Å². The normalized spacial score (nSPS) is 20.8. The molecule has 0 aliphatic carbocycles. The number of carbonyl (C=O) groups is 1. The largest absolute Gasteiger partial charge is 0.341 e. The quantitative estimate of drug-likeness (QED) is 0.919. The topological polar surface area (TPSA) is 46.3 Å². The Hall–Kier alpha value is -1.42. The lowest BCUT2D eigenvalue weighted by Gasteiger charge is -2.32. The van der Waals surface area contributed by atoms with Gasteiger partial charge in [-0.2, -0.15) is 0 Å². The fourth-order valence-electron chi connectivity index (χ4n) is 2.72. The molecule has 0 aromatic heterocycles. The third-order valence-electron chi connectivity index (χ3n) is 3.95. The molecule has 1 heterocycles. The average molecular weight is 278 g/mol. The Morgan fingerprint density at radius 2 is 2.35 bits per heavy atom. The first-order valence-corrected chi connectivity index (χ1v) is 7.35. The van der Waals surface area contributed by atoms with E-state index in [2.05, 4.69) is 0 Å².